The second kappa shape index (κ2) is 6.15. The third-order valence-electron chi connectivity index (χ3n) is 3.48. The highest BCUT2D eigenvalue weighted by molar-refractivity contribution is 8.13. The average Bonchev–Trinajstić information content (AvgIpc) is 2.51. The highest BCUT2D eigenvalue weighted by Gasteiger charge is 2.03. The molecule has 1 nitrogen and oxygen atoms in total. The summed E-state index contributed by atoms with van der Waals surface area (Å²) in [6, 6.07) is 19.1. The smallest absolute Gasteiger partial charge is 0.186 e. The molecular weight excluding hydrogens is 276 g/mol. The quantitative estimate of drug-likeness (QED) is 0.610. The van der Waals surface area contributed by atoms with Crippen LogP contribution < -0.4 is 0 Å². The zero-order chi connectivity index (χ0) is 14.7. The summed E-state index contributed by atoms with van der Waals surface area (Å²) in [4.78, 5) is 11.0. The highest BCUT2D eigenvalue weighted by Crippen LogP contribution is 2.29. The number of fused-ring (bicyclic) bond motifs is 3. The molecule has 0 saturated heterocycles. The van der Waals surface area contributed by atoms with Crippen LogP contribution in [0.3, 0.4) is 0 Å². The SMILES string of the molecule is CC(=O)SCC=Cc1cc2ccccc2c2ccccc12. The molecule has 0 heterocycles. The molecule has 0 aliphatic rings. The van der Waals surface area contributed by atoms with Crippen LogP contribution in [0.2, 0.25) is 0 Å². The van der Waals surface area contributed by atoms with Gasteiger partial charge >= 0.3 is 0 Å². The summed E-state index contributed by atoms with van der Waals surface area (Å²) in [5, 5.41) is 5.20. The van der Waals surface area contributed by atoms with Gasteiger partial charge in [0.05, 0.1) is 0 Å². The van der Waals surface area contributed by atoms with E-state index in [4.69, 9.17) is 0 Å². The number of hydrogen-bond donors (Lipinski definition) is 0. The van der Waals surface area contributed by atoms with Crippen LogP contribution in [0.1, 0.15) is 12.5 Å². The molecule has 3 aromatic carbocycles. The van der Waals surface area contributed by atoms with E-state index < -0.39 is 0 Å². The number of hydrogen-bond acceptors (Lipinski definition) is 2. The molecule has 2 heteroatoms. The molecule has 0 spiro atoms. The van der Waals surface area contributed by atoms with Gasteiger partial charge in [-0.25, -0.2) is 0 Å². The monoisotopic (exact) mass is 292 g/mol. The predicted octanol–water partition coefficient (Wildman–Crippen LogP) is 5.29. The lowest BCUT2D eigenvalue weighted by molar-refractivity contribution is -0.109. The van der Waals surface area contributed by atoms with Crippen molar-refractivity contribution in [3.8, 4) is 0 Å². The average molecular weight is 292 g/mol. The van der Waals surface area contributed by atoms with Crippen LogP contribution in [-0.2, 0) is 4.79 Å². The number of rotatable bonds is 3. The topological polar surface area (TPSA) is 17.1 Å². The zero-order valence-corrected chi connectivity index (χ0v) is 12.7. The van der Waals surface area contributed by atoms with Crippen LogP contribution in [0.4, 0.5) is 0 Å². The Morgan fingerprint density at radius 3 is 2.43 bits per heavy atom. The van der Waals surface area contributed by atoms with E-state index in [9.17, 15) is 4.79 Å². The zero-order valence-electron chi connectivity index (χ0n) is 11.9. The van der Waals surface area contributed by atoms with Gasteiger partial charge in [-0.15, -0.1) is 0 Å². The molecule has 0 fully saturated rings. The number of carbonyl (C=O) groups excluding carboxylic acids is 1. The molecule has 21 heavy (non-hydrogen) atoms. The third kappa shape index (κ3) is 3.01. The normalized spacial score (nSPS) is 11.5. The Labute approximate surface area is 128 Å². The molecular formula is C19H16OS. The largest absolute Gasteiger partial charge is 0.288 e. The summed E-state index contributed by atoms with van der Waals surface area (Å²) < 4.78 is 0. The van der Waals surface area contributed by atoms with Crippen molar-refractivity contribution in [3.05, 3.63) is 66.2 Å². The fourth-order valence-corrected chi connectivity index (χ4v) is 2.99. The fraction of sp³-hybridized carbons (Fsp3) is 0.105. The molecule has 0 N–H and O–H groups in total. The summed E-state index contributed by atoms with van der Waals surface area (Å²) in [5.41, 5.74) is 1.20. The fourth-order valence-electron chi connectivity index (χ4n) is 2.56. The number of thioether (sulfide) groups is 1. The van der Waals surface area contributed by atoms with Crippen molar-refractivity contribution in [2.75, 3.05) is 5.75 Å². The van der Waals surface area contributed by atoms with Crippen molar-refractivity contribution in [3.63, 3.8) is 0 Å². The first-order chi connectivity index (χ1) is 10.3. The molecule has 0 radical (unpaired) electrons. The molecule has 0 atom stereocenters. The Hall–Kier alpha value is -2.06. The Bertz CT molecular complexity index is 833. The summed E-state index contributed by atoms with van der Waals surface area (Å²) in [6.45, 7) is 1.60. The van der Waals surface area contributed by atoms with Gasteiger partial charge in [-0.3, -0.25) is 4.79 Å². The van der Waals surface area contributed by atoms with Gasteiger partial charge in [0, 0.05) is 12.7 Å². The lowest BCUT2D eigenvalue weighted by Gasteiger charge is -2.07. The van der Waals surface area contributed by atoms with Crippen molar-refractivity contribution in [2.45, 2.75) is 6.92 Å². The van der Waals surface area contributed by atoms with Gasteiger partial charge in [0.15, 0.2) is 5.12 Å². The van der Waals surface area contributed by atoms with E-state index in [-0.39, 0.29) is 5.12 Å². The molecule has 0 amide bonds. The Morgan fingerprint density at radius 2 is 1.67 bits per heavy atom. The molecule has 0 aliphatic carbocycles. The van der Waals surface area contributed by atoms with Crippen molar-refractivity contribution in [2.24, 2.45) is 0 Å². The van der Waals surface area contributed by atoms with Gasteiger partial charge in [-0.1, -0.05) is 72.4 Å². The van der Waals surface area contributed by atoms with E-state index >= 15 is 0 Å². The second-order valence-corrected chi connectivity index (χ2v) is 6.13. The van der Waals surface area contributed by atoms with Gasteiger partial charge in [0.25, 0.3) is 0 Å². The minimum atomic E-state index is 0.156. The van der Waals surface area contributed by atoms with Crippen LogP contribution in [0.25, 0.3) is 27.6 Å². The van der Waals surface area contributed by atoms with Gasteiger partial charge in [0.2, 0.25) is 0 Å². The summed E-state index contributed by atoms with van der Waals surface area (Å²) in [6.07, 6.45) is 4.17. The molecule has 3 rings (SSSR count). The minimum Gasteiger partial charge on any atom is -0.288 e. The van der Waals surface area contributed by atoms with Gasteiger partial charge in [-0.2, -0.15) is 0 Å². The van der Waals surface area contributed by atoms with Crippen molar-refractivity contribution < 1.29 is 4.79 Å². The maximum atomic E-state index is 11.0. The first-order valence-corrected chi connectivity index (χ1v) is 7.94. The Balaban J connectivity index is 2.10. The van der Waals surface area contributed by atoms with Crippen LogP contribution in [0.5, 0.6) is 0 Å². The van der Waals surface area contributed by atoms with Crippen molar-refractivity contribution >= 4 is 44.5 Å². The number of benzene rings is 3. The van der Waals surface area contributed by atoms with E-state index in [1.54, 1.807) is 6.92 Å². The van der Waals surface area contributed by atoms with Crippen LogP contribution >= 0.6 is 11.8 Å². The molecule has 0 saturated carbocycles. The van der Waals surface area contributed by atoms with Crippen LogP contribution in [-0.4, -0.2) is 10.9 Å². The molecule has 0 bridgehead atoms. The van der Waals surface area contributed by atoms with Crippen molar-refractivity contribution in [1.82, 2.24) is 0 Å². The predicted molar refractivity (Wildman–Crippen MR) is 93.6 cm³/mol. The van der Waals surface area contributed by atoms with Crippen molar-refractivity contribution in [1.29, 1.82) is 0 Å². The standard InChI is InChI=1S/C19H16OS/c1-14(20)21-12-6-8-16-13-15-7-2-3-9-17(15)19-11-5-4-10-18(16)19/h2-11,13H,12H2,1H3. The second-order valence-electron chi connectivity index (χ2n) is 4.94. The first-order valence-electron chi connectivity index (χ1n) is 6.96. The van der Waals surface area contributed by atoms with Crippen LogP contribution in [0.15, 0.2) is 60.7 Å². The van der Waals surface area contributed by atoms with E-state index in [1.807, 2.05) is 0 Å². The third-order valence-corrected chi connectivity index (χ3v) is 4.25. The summed E-state index contributed by atoms with van der Waals surface area (Å²) in [7, 11) is 0. The van der Waals surface area contributed by atoms with Crippen LogP contribution in [0, 0.1) is 0 Å². The maximum Gasteiger partial charge on any atom is 0.186 e. The molecule has 104 valence electrons. The molecule has 0 unspecified atom stereocenters. The summed E-state index contributed by atoms with van der Waals surface area (Å²) >= 11 is 1.33. The van der Waals surface area contributed by atoms with Gasteiger partial charge in [-0.05, 0) is 33.2 Å². The van der Waals surface area contributed by atoms with E-state index in [1.165, 1.54) is 38.9 Å². The minimum absolute atomic E-state index is 0.156. The first kappa shape index (κ1) is 13.9. The Kier molecular flexibility index (Phi) is 4.07. The maximum absolute atomic E-state index is 11.0. The van der Waals surface area contributed by atoms with E-state index in [0.29, 0.717) is 0 Å². The van der Waals surface area contributed by atoms with E-state index in [0.717, 1.165) is 5.75 Å². The van der Waals surface area contributed by atoms with E-state index in [2.05, 4.69) is 66.7 Å². The highest BCUT2D eigenvalue weighted by atomic mass is 32.2. The summed E-state index contributed by atoms with van der Waals surface area (Å²) in [5.74, 6) is 0.719. The molecule has 3 aromatic rings. The van der Waals surface area contributed by atoms with Gasteiger partial charge < -0.3 is 0 Å². The molecule has 0 aromatic heterocycles. The molecule has 0 aliphatic heterocycles. The lowest BCUT2D eigenvalue weighted by atomic mass is 9.97. The Morgan fingerprint density at radius 1 is 1.00 bits per heavy atom. The lowest BCUT2D eigenvalue weighted by Crippen LogP contribution is -1.84. The number of carbonyl (C=O) groups is 1. The van der Waals surface area contributed by atoms with Gasteiger partial charge in [0.1, 0.15) is 0 Å².